The number of hydrogen-bond acceptors (Lipinski definition) is 1. The van der Waals surface area contributed by atoms with Gasteiger partial charge in [0.1, 0.15) is 5.82 Å². The Balaban J connectivity index is 3.24. The average molecular weight is 190 g/mol. The molecule has 0 saturated carbocycles. The van der Waals surface area contributed by atoms with Gasteiger partial charge >= 0.3 is 0 Å². The van der Waals surface area contributed by atoms with Gasteiger partial charge in [0.2, 0.25) is 0 Å². The SMILES string of the molecule is Cc1c(F)c(F)cc(CCO)c1F. The molecule has 4 heteroatoms. The fourth-order valence-corrected chi connectivity index (χ4v) is 1.10. The van der Waals surface area contributed by atoms with Gasteiger partial charge in [-0.05, 0) is 25.0 Å². The molecule has 0 unspecified atom stereocenters. The van der Waals surface area contributed by atoms with Crippen molar-refractivity contribution in [3.8, 4) is 0 Å². The maximum absolute atomic E-state index is 13.1. The highest BCUT2D eigenvalue weighted by Gasteiger charge is 2.14. The quantitative estimate of drug-likeness (QED) is 0.706. The second-order valence-electron chi connectivity index (χ2n) is 2.74. The Bertz CT molecular complexity index is 323. The van der Waals surface area contributed by atoms with Crippen LogP contribution in [-0.4, -0.2) is 11.7 Å². The van der Waals surface area contributed by atoms with E-state index in [9.17, 15) is 13.2 Å². The van der Waals surface area contributed by atoms with Gasteiger partial charge in [-0.3, -0.25) is 0 Å². The first-order valence-corrected chi connectivity index (χ1v) is 3.81. The van der Waals surface area contributed by atoms with Crippen molar-refractivity contribution in [1.82, 2.24) is 0 Å². The van der Waals surface area contributed by atoms with E-state index in [2.05, 4.69) is 0 Å². The molecule has 0 fully saturated rings. The first-order chi connectivity index (χ1) is 6.07. The molecule has 0 amide bonds. The number of aliphatic hydroxyl groups is 1. The zero-order valence-electron chi connectivity index (χ0n) is 7.07. The van der Waals surface area contributed by atoms with Crippen LogP contribution in [-0.2, 0) is 6.42 Å². The van der Waals surface area contributed by atoms with E-state index in [0.717, 1.165) is 13.0 Å². The van der Waals surface area contributed by atoms with Crippen molar-refractivity contribution in [2.45, 2.75) is 13.3 Å². The van der Waals surface area contributed by atoms with Crippen LogP contribution in [0, 0.1) is 24.4 Å². The third kappa shape index (κ3) is 1.83. The molecule has 0 aromatic heterocycles. The topological polar surface area (TPSA) is 20.2 Å². The minimum atomic E-state index is -1.17. The second kappa shape index (κ2) is 3.79. The summed E-state index contributed by atoms with van der Waals surface area (Å²) in [5.41, 5.74) is -0.345. The molecule has 13 heavy (non-hydrogen) atoms. The Hall–Kier alpha value is -1.03. The molecule has 0 aliphatic carbocycles. The zero-order chi connectivity index (χ0) is 10.0. The predicted octanol–water partition coefficient (Wildman–Crippen LogP) is 1.95. The molecule has 1 aromatic carbocycles. The summed E-state index contributed by atoms with van der Waals surface area (Å²) in [6, 6.07) is 0.772. The van der Waals surface area contributed by atoms with E-state index in [1.165, 1.54) is 0 Å². The maximum atomic E-state index is 13.1. The molecule has 1 rings (SSSR count). The lowest BCUT2D eigenvalue weighted by atomic mass is 10.1. The molecule has 0 aliphatic heterocycles. The summed E-state index contributed by atoms with van der Waals surface area (Å²) >= 11 is 0. The van der Waals surface area contributed by atoms with Crippen molar-refractivity contribution >= 4 is 0 Å². The van der Waals surface area contributed by atoms with E-state index in [1.54, 1.807) is 0 Å². The van der Waals surface area contributed by atoms with Gasteiger partial charge in [-0.2, -0.15) is 0 Å². The number of benzene rings is 1. The van der Waals surface area contributed by atoms with Crippen LogP contribution in [0.3, 0.4) is 0 Å². The van der Waals surface area contributed by atoms with Crippen molar-refractivity contribution in [2.75, 3.05) is 6.61 Å². The largest absolute Gasteiger partial charge is 0.396 e. The summed E-state index contributed by atoms with van der Waals surface area (Å²) in [5.74, 6) is -3.03. The summed E-state index contributed by atoms with van der Waals surface area (Å²) in [6.07, 6.45) is -0.0100. The van der Waals surface area contributed by atoms with Crippen molar-refractivity contribution < 1.29 is 18.3 Å². The normalized spacial score (nSPS) is 10.5. The highest BCUT2D eigenvalue weighted by Crippen LogP contribution is 2.19. The second-order valence-corrected chi connectivity index (χ2v) is 2.74. The standard InChI is InChI=1S/C9H9F3O/c1-5-8(11)6(2-3-13)4-7(10)9(5)12/h4,13H,2-3H2,1H3. The Morgan fingerprint density at radius 2 is 1.85 bits per heavy atom. The van der Waals surface area contributed by atoms with Crippen molar-refractivity contribution in [2.24, 2.45) is 0 Å². The first kappa shape index (κ1) is 10.1. The highest BCUT2D eigenvalue weighted by atomic mass is 19.2. The Kier molecular flexibility index (Phi) is 2.93. The van der Waals surface area contributed by atoms with Gasteiger partial charge < -0.3 is 5.11 Å². The molecule has 0 saturated heterocycles. The summed E-state index contributed by atoms with van der Waals surface area (Å²) in [4.78, 5) is 0. The van der Waals surface area contributed by atoms with E-state index in [0.29, 0.717) is 0 Å². The van der Waals surface area contributed by atoms with Crippen molar-refractivity contribution in [1.29, 1.82) is 0 Å². The molecule has 0 aliphatic rings. The third-order valence-electron chi connectivity index (χ3n) is 1.83. The lowest BCUT2D eigenvalue weighted by Gasteiger charge is -2.05. The smallest absolute Gasteiger partial charge is 0.164 e. The zero-order valence-corrected chi connectivity index (χ0v) is 7.07. The van der Waals surface area contributed by atoms with Crippen LogP contribution in [0.4, 0.5) is 13.2 Å². The monoisotopic (exact) mass is 190 g/mol. The van der Waals surface area contributed by atoms with Gasteiger partial charge in [0, 0.05) is 12.2 Å². The summed E-state index contributed by atoms with van der Waals surface area (Å²) in [6.45, 7) is 0.871. The summed E-state index contributed by atoms with van der Waals surface area (Å²) < 4.78 is 38.6. The predicted molar refractivity (Wildman–Crippen MR) is 41.8 cm³/mol. The minimum Gasteiger partial charge on any atom is -0.396 e. The number of rotatable bonds is 2. The molecule has 0 spiro atoms. The van der Waals surface area contributed by atoms with E-state index in [4.69, 9.17) is 5.11 Å². The molecule has 0 bridgehead atoms. The summed E-state index contributed by atoms with van der Waals surface area (Å²) in [5, 5.41) is 8.51. The number of hydrogen-bond donors (Lipinski definition) is 1. The van der Waals surface area contributed by atoms with Gasteiger partial charge in [0.25, 0.3) is 0 Å². The Morgan fingerprint density at radius 1 is 1.23 bits per heavy atom. The maximum Gasteiger partial charge on any atom is 0.164 e. The summed E-state index contributed by atoms with van der Waals surface area (Å²) in [7, 11) is 0. The van der Waals surface area contributed by atoms with Gasteiger partial charge in [0.15, 0.2) is 11.6 Å². The van der Waals surface area contributed by atoms with E-state index < -0.39 is 17.5 Å². The van der Waals surface area contributed by atoms with Gasteiger partial charge in [0.05, 0.1) is 0 Å². The third-order valence-corrected chi connectivity index (χ3v) is 1.83. The van der Waals surface area contributed by atoms with Crippen LogP contribution in [0.25, 0.3) is 0 Å². The molecular weight excluding hydrogens is 181 g/mol. The molecule has 1 nitrogen and oxygen atoms in total. The van der Waals surface area contributed by atoms with Crippen LogP contribution in [0.5, 0.6) is 0 Å². The highest BCUT2D eigenvalue weighted by molar-refractivity contribution is 5.27. The van der Waals surface area contributed by atoms with Crippen LogP contribution in [0.2, 0.25) is 0 Å². The Morgan fingerprint density at radius 3 is 2.38 bits per heavy atom. The average Bonchev–Trinajstić information content (AvgIpc) is 2.11. The van der Waals surface area contributed by atoms with E-state index >= 15 is 0 Å². The van der Waals surface area contributed by atoms with E-state index in [1.807, 2.05) is 0 Å². The lowest BCUT2D eigenvalue weighted by molar-refractivity contribution is 0.297. The Labute approximate surface area is 73.8 Å². The number of halogens is 3. The van der Waals surface area contributed by atoms with Crippen LogP contribution >= 0.6 is 0 Å². The molecule has 72 valence electrons. The van der Waals surface area contributed by atoms with Crippen LogP contribution < -0.4 is 0 Å². The molecule has 1 aromatic rings. The molecular formula is C9H9F3O. The van der Waals surface area contributed by atoms with Crippen molar-refractivity contribution in [3.05, 3.63) is 34.6 Å². The lowest BCUT2D eigenvalue weighted by Crippen LogP contribution is -2.02. The fourth-order valence-electron chi connectivity index (χ4n) is 1.10. The van der Waals surface area contributed by atoms with Gasteiger partial charge in [-0.25, -0.2) is 13.2 Å². The van der Waals surface area contributed by atoms with Crippen LogP contribution in [0.15, 0.2) is 6.07 Å². The number of aliphatic hydroxyl groups excluding tert-OH is 1. The first-order valence-electron chi connectivity index (χ1n) is 3.81. The van der Waals surface area contributed by atoms with E-state index in [-0.39, 0.29) is 24.2 Å². The van der Waals surface area contributed by atoms with Crippen molar-refractivity contribution in [3.63, 3.8) is 0 Å². The van der Waals surface area contributed by atoms with Gasteiger partial charge in [-0.15, -0.1) is 0 Å². The molecule has 0 atom stereocenters. The molecule has 0 heterocycles. The van der Waals surface area contributed by atoms with Gasteiger partial charge in [-0.1, -0.05) is 0 Å². The fraction of sp³-hybridized carbons (Fsp3) is 0.333. The molecule has 0 radical (unpaired) electrons. The minimum absolute atomic E-state index is 0.00102. The van der Waals surface area contributed by atoms with Crippen LogP contribution in [0.1, 0.15) is 11.1 Å². The molecule has 1 N–H and O–H groups in total.